The standard InChI is InChI=1S/C18H25N5O2/c1-4-23-16(8-13(2)20-23)18(25)22-11-14(9-17(24)19-3)10-21-7-5-6-15(21)12-22/h5-8,14H,4,9-12H2,1-3H3,(H,19,24)/t14-/m0/s1. The molecule has 3 heterocycles. The molecule has 0 spiro atoms. The molecule has 1 N–H and O–H groups in total. The second-order valence-electron chi connectivity index (χ2n) is 6.57. The number of aryl methyl sites for hydroxylation is 2. The lowest BCUT2D eigenvalue weighted by Gasteiger charge is -2.24. The van der Waals surface area contributed by atoms with E-state index in [1.165, 1.54) is 0 Å². The number of carbonyl (C=O) groups excluding carboxylic acids is 2. The van der Waals surface area contributed by atoms with Gasteiger partial charge < -0.3 is 14.8 Å². The summed E-state index contributed by atoms with van der Waals surface area (Å²) in [4.78, 5) is 26.8. The van der Waals surface area contributed by atoms with Crippen LogP contribution in [0.1, 0.15) is 35.2 Å². The van der Waals surface area contributed by atoms with Gasteiger partial charge in [0, 0.05) is 50.9 Å². The highest BCUT2D eigenvalue weighted by atomic mass is 16.2. The second kappa shape index (κ2) is 7.13. The van der Waals surface area contributed by atoms with E-state index in [1.54, 1.807) is 11.7 Å². The zero-order valence-corrected chi connectivity index (χ0v) is 15.0. The van der Waals surface area contributed by atoms with Gasteiger partial charge in [0.1, 0.15) is 5.69 Å². The summed E-state index contributed by atoms with van der Waals surface area (Å²) in [5.41, 5.74) is 2.54. The molecule has 1 aliphatic rings. The number of carbonyl (C=O) groups is 2. The maximum atomic E-state index is 13.1. The van der Waals surface area contributed by atoms with Crippen molar-refractivity contribution in [2.24, 2.45) is 5.92 Å². The van der Waals surface area contributed by atoms with Crippen LogP contribution in [0.3, 0.4) is 0 Å². The van der Waals surface area contributed by atoms with Crippen molar-refractivity contribution in [3.63, 3.8) is 0 Å². The van der Waals surface area contributed by atoms with E-state index in [0.29, 0.717) is 31.7 Å². The quantitative estimate of drug-likeness (QED) is 0.913. The minimum absolute atomic E-state index is 0.00227. The lowest BCUT2D eigenvalue weighted by atomic mass is 10.0. The third-order valence-corrected chi connectivity index (χ3v) is 4.67. The van der Waals surface area contributed by atoms with Crippen LogP contribution in [0, 0.1) is 12.8 Å². The Morgan fingerprint density at radius 1 is 1.36 bits per heavy atom. The van der Waals surface area contributed by atoms with Crippen molar-refractivity contribution < 1.29 is 9.59 Å². The molecule has 2 aromatic heterocycles. The number of nitrogens with one attached hydrogen (secondary N) is 1. The van der Waals surface area contributed by atoms with Crippen molar-refractivity contribution in [1.29, 1.82) is 0 Å². The molecule has 25 heavy (non-hydrogen) atoms. The van der Waals surface area contributed by atoms with Gasteiger partial charge in [-0.3, -0.25) is 14.3 Å². The first-order valence-electron chi connectivity index (χ1n) is 8.70. The molecular weight excluding hydrogens is 318 g/mol. The number of fused-ring (bicyclic) bond motifs is 1. The predicted octanol–water partition coefficient (Wildman–Crippen LogP) is 1.42. The zero-order valence-electron chi connectivity index (χ0n) is 15.0. The van der Waals surface area contributed by atoms with Gasteiger partial charge in [0.15, 0.2) is 0 Å². The fourth-order valence-corrected chi connectivity index (χ4v) is 3.45. The van der Waals surface area contributed by atoms with Crippen molar-refractivity contribution in [1.82, 2.24) is 24.6 Å². The lowest BCUT2D eigenvalue weighted by molar-refractivity contribution is -0.121. The first kappa shape index (κ1) is 17.3. The van der Waals surface area contributed by atoms with Gasteiger partial charge in [0.2, 0.25) is 5.91 Å². The Kier molecular flexibility index (Phi) is 4.92. The SMILES string of the molecule is CCn1nc(C)cc1C(=O)N1Cc2cccn2C[C@H](CC(=O)NC)C1. The molecule has 0 saturated carbocycles. The minimum Gasteiger partial charge on any atom is -0.359 e. The fraction of sp³-hybridized carbons (Fsp3) is 0.500. The van der Waals surface area contributed by atoms with E-state index in [1.807, 2.05) is 43.1 Å². The van der Waals surface area contributed by atoms with Gasteiger partial charge >= 0.3 is 0 Å². The van der Waals surface area contributed by atoms with Gasteiger partial charge in [-0.15, -0.1) is 0 Å². The summed E-state index contributed by atoms with van der Waals surface area (Å²) in [5.74, 6) is 0.0538. The molecular formula is C18H25N5O2. The lowest BCUT2D eigenvalue weighted by Crippen LogP contribution is -2.36. The Labute approximate surface area is 147 Å². The third kappa shape index (κ3) is 3.60. The van der Waals surface area contributed by atoms with Crippen molar-refractivity contribution in [2.75, 3.05) is 13.6 Å². The van der Waals surface area contributed by atoms with E-state index in [0.717, 1.165) is 17.9 Å². The van der Waals surface area contributed by atoms with E-state index in [2.05, 4.69) is 15.0 Å². The molecule has 7 heteroatoms. The number of amides is 2. The molecule has 2 aromatic rings. The van der Waals surface area contributed by atoms with Crippen molar-refractivity contribution in [2.45, 2.75) is 39.9 Å². The monoisotopic (exact) mass is 343 g/mol. The zero-order chi connectivity index (χ0) is 18.0. The van der Waals surface area contributed by atoms with Crippen LogP contribution in [0.2, 0.25) is 0 Å². The largest absolute Gasteiger partial charge is 0.359 e. The Balaban J connectivity index is 1.88. The summed E-state index contributed by atoms with van der Waals surface area (Å²) in [6.45, 7) is 6.37. The molecule has 0 bridgehead atoms. The van der Waals surface area contributed by atoms with Gasteiger partial charge in [-0.1, -0.05) is 0 Å². The summed E-state index contributed by atoms with van der Waals surface area (Å²) in [6, 6.07) is 5.86. The summed E-state index contributed by atoms with van der Waals surface area (Å²) in [5, 5.41) is 7.07. The number of hydrogen-bond acceptors (Lipinski definition) is 3. The van der Waals surface area contributed by atoms with Gasteiger partial charge in [0.25, 0.3) is 5.91 Å². The molecule has 0 radical (unpaired) electrons. The molecule has 3 rings (SSSR count). The minimum atomic E-state index is -0.0287. The van der Waals surface area contributed by atoms with Gasteiger partial charge in [0.05, 0.1) is 12.2 Å². The number of aromatic nitrogens is 3. The Morgan fingerprint density at radius 2 is 2.16 bits per heavy atom. The molecule has 0 unspecified atom stereocenters. The predicted molar refractivity (Wildman–Crippen MR) is 94.0 cm³/mol. The maximum absolute atomic E-state index is 13.1. The molecule has 2 amide bonds. The highest BCUT2D eigenvalue weighted by Crippen LogP contribution is 2.21. The highest BCUT2D eigenvalue weighted by molar-refractivity contribution is 5.92. The van der Waals surface area contributed by atoms with Gasteiger partial charge in [-0.2, -0.15) is 5.10 Å². The summed E-state index contributed by atoms with van der Waals surface area (Å²) in [7, 11) is 1.64. The van der Waals surface area contributed by atoms with E-state index in [9.17, 15) is 9.59 Å². The summed E-state index contributed by atoms with van der Waals surface area (Å²) < 4.78 is 3.89. The first-order valence-corrected chi connectivity index (χ1v) is 8.70. The topological polar surface area (TPSA) is 72.2 Å². The van der Waals surface area contributed by atoms with Crippen molar-refractivity contribution >= 4 is 11.8 Å². The first-order chi connectivity index (χ1) is 12.0. The van der Waals surface area contributed by atoms with Crippen LogP contribution in [0.5, 0.6) is 0 Å². The molecule has 134 valence electrons. The Bertz CT molecular complexity index is 776. The average molecular weight is 343 g/mol. The van der Waals surface area contributed by atoms with Crippen LogP contribution in [-0.2, 0) is 24.4 Å². The van der Waals surface area contributed by atoms with Gasteiger partial charge in [-0.05, 0) is 32.0 Å². The number of nitrogens with zero attached hydrogens (tertiary/aromatic N) is 4. The number of hydrogen-bond donors (Lipinski definition) is 1. The van der Waals surface area contributed by atoms with Crippen LogP contribution in [0.25, 0.3) is 0 Å². The number of rotatable bonds is 4. The molecule has 7 nitrogen and oxygen atoms in total. The third-order valence-electron chi connectivity index (χ3n) is 4.67. The Hall–Kier alpha value is -2.57. The summed E-state index contributed by atoms with van der Waals surface area (Å²) >= 11 is 0. The van der Waals surface area contributed by atoms with Crippen LogP contribution in [0.4, 0.5) is 0 Å². The fourth-order valence-electron chi connectivity index (χ4n) is 3.45. The van der Waals surface area contributed by atoms with Crippen LogP contribution in [-0.4, -0.2) is 44.7 Å². The van der Waals surface area contributed by atoms with E-state index in [-0.39, 0.29) is 17.7 Å². The van der Waals surface area contributed by atoms with E-state index in [4.69, 9.17) is 0 Å². The van der Waals surface area contributed by atoms with Crippen LogP contribution < -0.4 is 5.32 Å². The molecule has 1 atom stereocenters. The van der Waals surface area contributed by atoms with E-state index < -0.39 is 0 Å². The van der Waals surface area contributed by atoms with Crippen LogP contribution in [0.15, 0.2) is 24.4 Å². The molecule has 0 aromatic carbocycles. The maximum Gasteiger partial charge on any atom is 0.272 e. The average Bonchev–Trinajstić information content (AvgIpc) is 3.15. The molecule has 1 aliphatic heterocycles. The van der Waals surface area contributed by atoms with Crippen LogP contribution >= 0.6 is 0 Å². The van der Waals surface area contributed by atoms with Crippen molar-refractivity contribution in [3.8, 4) is 0 Å². The smallest absolute Gasteiger partial charge is 0.272 e. The molecule has 0 fully saturated rings. The second-order valence-corrected chi connectivity index (χ2v) is 6.57. The Morgan fingerprint density at radius 3 is 2.88 bits per heavy atom. The summed E-state index contributed by atoms with van der Waals surface area (Å²) in [6.07, 6.45) is 2.42. The van der Waals surface area contributed by atoms with E-state index >= 15 is 0 Å². The normalized spacial score (nSPS) is 17.1. The molecule has 0 saturated heterocycles. The van der Waals surface area contributed by atoms with Crippen molar-refractivity contribution in [3.05, 3.63) is 41.5 Å². The molecule has 0 aliphatic carbocycles. The highest BCUT2D eigenvalue weighted by Gasteiger charge is 2.28. The van der Waals surface area contributed by atoms with Gasteiger partial charge in [-0.25, -0.2) is 0 Å².